The van der Waals surface area contributed by atoms with Crippen molar-refractivity contribution in [2.24, 2.45) is 0 Å². The number of carbonyl (C=O) groups excluding carboxylic acids is 2. The summed E-state index contributed by atoms with van der Waals surface area (Å²) in [6.07, 6.45) is 2.54. The van der Waals surface area contributed by atoms with Crippen LogP contribution in [0.3, 0.4) is 0 Å². The summed E-state index contributed by atoms with van der Waals surface area (Å²) in [4.78, 5) is 35.2. The molecule has 0 heterocycles. The predicted octanol–water partition coefficient (Wildman–Crippen LogP) is 2.18. The van der Waals surface area contributed by atoms with Gasteiger partial charge in [-0.1, -0.05) is 30.5 Å². The lowest BCUT2D eigenvalue weighted by atomic mass is 9.98. The molecule has 1 aromatic rings. The number of anilines is 1. The Morgan fingerprint density at radius 2 is 1.67 bits per heavy atom. The Kier molecular flexibility index (Phi) is 6.25. The number of thioether (sulfide) groups is 1. The van der Waals surface area contributed by atoms with E-state index in [9.17, 15) is 19.5 Å². The summed E-state index contributed by atoms with van der Waals surface area (Å²) in [6.45, 7) is 1.97. The third-order valence-corrected chi connectivity index (χ3v) is 4.98. The molecule has 1 aliphatic rings. The molecule has 0 bridgehead atoms. The number of hydrogen-bond donors (Lipinski definition) is 3. The van der Waals surface area contributed by atoms with Crippen LogP contribution in [-0.4, -0.2) is 39.9 Å². The molecule has 0 spiro atoms. The van der Waals surface area contributed by atoms with Crippen molar-refractivity contribution in [3.63, 3.8) is 0 Å². The Balaban J connectivity index is 1.73. The Morgan fingerprint density at radius 3 is 2.25 bits per heavy atom. The zero-order valence-electron chi connectivity index (χ0n) is 13.6. The maximum absolute atomic E-state index is 12.0. The van der Waals surface area contributed by atoms with E-state index < -0.39 is 11.5 Å². The van der Waals surface area contributed by atoms with E-state index in [4.69, 9.17) is 0 Å². The molecule has 2 amide bonds. The highest BCUT2D eigenvalue weighted by Crippen LogP contribution is 2.30. The van der Waals surface area contributed by atoms with Crippen LogP contribution in [-0.2, 0) is 14.4 Å². The molecule has 2 rings (SSSR count). The topological polar surface area (TPSA) is 95.5 Å². The number of carboxylic acid groups (broad SMARTS) is 1. The van der Waals surface area contributed by atoms with E-state index in [2.05, 4.69) is 10.6 Å². The molecule has 0 radical (unpaired) electrons. The number of carbonyl (C=O) groups is 3. The van der Waals surface area contributed by atoms with Gasteiger partial charge in [0.05, 0.1) is 11.5 Å². The molecule has 0 saturated heterocycles. The van der Waals surface area contributed by atoms with Crippen LogP contribution in [0.5, 0.6) is 0 Å². The number of hydrogen-bond acceptors (Lipinski definition) is 4. The summed E-state index contributed by atoms with van der Waals surface area (Å²) in [5.74, 6) is -1.30. The first-order valence-electron chi connectivity index (χ1n) is 7.90. The van der Waals surface area contributed by atoms with Crippen LogP contribution in [0.4, 0.5) is 5.69 Å². The molecule has 0 aliphatic heterocycles. The van der Waals surface area contributed by atoms with Crippen LogP contribution in [0.1, 0.15) is 31.2 Å². The lowest BCUT2D eigenvalue weighted by Crippen LogP contribution is -2.53. The fourth-order valence-corrected chi connectivity index (χ4v) is 3.36. The van der Waals surface area contributed by atoms with Crippen LogP contribution in [0.2, 0.25) is 0 Å². The smallest absolute Gasteiger partial charge is 0.329 e. The van der Waals surface area contributed by atoms with Gasteiger partial charge in [-0.05, 0) is 31.9 Å². The highest BCUT2D eigenvalue weighted by atomic mass is 32.2. The van der Waals surface area contributed by atoms with Gasteiger partial charge in [0.1, 0.15) is 5.54 Å². The van der Waals surface area contributed by atoms with Crippen molar-refractivity contribution in [2.75, 3.05) is 16.8 Å². The lowest BCUT2D eigenvalue weighted by Gasteiger charge is -2.25. The minimum atomic E-state index is -1.12. The number of nitrogens with one attached hydrogen (secondary N) is 2. The first-order valence-corrected chi connectivity index (χ1v) is 9.05. The van der Waals surface area contributed by atoms with Crippen LogP contribution < -0.4 is 10.6 Å². The SMILES string of the molecule is Cc1ccc(NC(=O)CSCC(=O)NC2(C(=O)O)CCCC2)cc1. The molecule has 24 heavy (non-hydrogen) atoms. The fourth-order valence-electron chi connectivity index (χ4n) is 2.74. The monoisotopic (exact) mass is 350 g/mol. The Bertz CT molecular complexity index is 610. The molecule has 1 aromatic carbocycles. The minimum absolute atomic E-state index is 0.0658. The van der Waals surface area contributed by atoms with E-state index in [0.717, 1.165) is 18.4 Å². The number of benzene rings is 1. The number of carboxylic acids is 1. The van der Waals surface area contributed by atoms with Crippen LogP contribution in [0, 0.1) is 6.92 Å². The molecule has 1 fully saturated rings. The Hall–Kier alpha value is -2.02. The van der Waals surface area contributed by atoms with Crippen molar-refractivity contribution >= 4 is 35.2 Å². The first-order chi connectivity index (χ1) is 11.4. The average Bonchev–Trinajstić information content (AvgIpc) is 2.99. The van der Waals surface area contributed by atoms with Gasteiger partial charge in [-0.3, -0.25) is 9.59 Å². The van der Waals surface area contributed by atoms with E-state index in [0.29, 0.717) is 18.5 Å². The zero-order chi connectivity index (χ0) is 17.6. The fraction of sp³-hybridized carbons (Fsp3) is 0.471. The third-order valence-electron chi connectivity index (χ3n) is 4.05. The maximum Gasteiger partial charge on any atom is 0.329 e. The Morgan fingerprint density at radius 1 is 1.08 bits per heavy atom. The molecular weight excluding hydrogens is 328 g/mol. The van der Waals surface area contributed by atoms with E-state index >= 15 is 0 Å². The van der Waals surface area contributed by atoms with Crippen molar-refractivity contribution in [3.05, 3.63) is 29.8 Å². The van der Waals surface area contributed by atoms with Gasteiger partial charge in [0.15, 0.2) is 0 Å². The second-order valence-electron chi connectivity index (χ2n) is 6.05. The number of amides is 2. The van der Waals surface area contributed by atoms with Gasteiger partial charge in [0, 0.05) is 5.69 Å². The summed E-state index contributed by atoms with van der Waals surface area (Å²) in [6, 6.07) is 7.45. The molecule has 6 nitrogen and oxygen atoms in total. The second kappa shape index (κ2) is 8.19. The highest BCUT2D eigenvalue weighted by molar-refractivity contribution is 8.00. The molecule has 0 aromatic heterocycles. The van der Waals surface area contributed by atoms with Crippen molar-refractivity contribution in [2.45, 2.75) is 38.1 Å². The van der Waals surface area contributed by atoms with Crippen LogP contribution in [0.15, 0.2) is 24.3 Å². The van der Waals surface area contributed by atoms with Gasteiger partial charge in [-0.15, -0.1) is 11.8 Å². The van der Waals surface area contributed by atoms with Gasteiger partial charge in [-0.25, -0.2) is 4.79 Å². The average molecular weight is 350 g/mol. The standard InChI is InChI=1S/C17H22N2O4S/c1-12-4-6-13(7-5-12)18-14(20)10-24-11-15(21)19-17(16(22)23)8-2-3-9-17/h4-7H,2-3,8-11H2,1H3,(H,18,20)(H,19,21)(H,22,23). The summed E-state index contributed by atoms with van der Waals surface area (Å²) in [5, 5.41) is 14.7. The van der Waals surface area contributed by atoms with E-state index in [1.807, 2.05) is 31.2 Å². The van der Waals surface area contributed by atoms with Gasteiger partial charge in [0.25, 0.3) is 0 Å². The van der Waals surface area contributed by atoms with Crippen molar-refractivity contribution < 1.29 is 19.5 Å². The number of aryl methyl sites for hydroxylation is 1. The normalized spacial score (nSPS) is 15.7. The molecule has 0 unspecified atom stereocenters. The molecule has 1 aliphatic carbocycles. The summed E-state index contributed by atoms with van der Waals surface area (Å²) < 4.78 is 0. The minimum Gasteiger partial charge on any atom is -0.480 e. The lowest BCUT2D eigenvalue weighted by molar-refractivity contribution is -0.147. The number of rotatable bonds is 7. The molecular formula is C17H22N2O4S. The predicted molar refractivity (Wildman–Crippen MR) is 94.1 cm³/mol. The molecule has 130 valence electrons. The van der Waals surface area contributed by atoms with E-state index in [-0.39, 0.29) is 23.3 Å². The second-order valence-corrected chi connectivity index (χ2v) is 7.04. The maximum atomic E-state index is 12.0. The molecule has 1 saturated carbocycles. The molecule has 3 N–H and O–H groups in total. The largest absolute Gasteiger partial charge is 0.480 e. The summed E-state index contributed by atoms with van der Waals surface area (Å²) >= 11 is 1.17. The zero-order valence-corrected chi connectivity index (χ0v) is 14.4. The number of aliphatic carboxylic acids is 1. The third kappa shape index (κ3) is 4.99. The van der Waals surface area contributed by atoms with Crippen molar-refractivity contribution in [3.8, 4) is 0 Å². The van der Waals surface area contributed by atoms with Crippen molar-refractivity contribution in [1.29, 1.82) is 0 Å². The highest BCUT2D eigenvalue weighted by Gasteiger charge is 2.42. The molecule has 0 atom stereocenters. The van der Waals surface area contributed by atoms with Crippen LogP contribution in [0.25, 0.3) is 0 Å². The van der Waals surface area contributed by atoms with Gasteiger partial charge in [0.2, 0.25) is 11.8 Å². The van der Waals surface area contributed by atoms with Gasteiger partial charge < -0.3 is 15.7 Å². The van der Waals surface area contributed by atoms with Crippen LogP contribution >= 0.6 is 11.8 Å². The first kappa shape index (κ1) is 18.3. The summed E-state index contributed by atoms with van der Waals surface area (Å²) in [7, 11) is 0. The Labute approximate surface area is 145 Å². The van der Waals surface area contributed by atoms with Crippen molar-refractivity contribution in [1.82, 2.24) is 5.32 Å². The van der Waals surface area contributed by atoms with Gasteiger partial charge in [-0.2, -0.15) is 0 Å². The quantitative estimate of drug-likeness (QED) is 0.700. The van der Waals surface area contributed by atoms with E-state index in [1.54, 1.807) is 0 Å². The van der Waals surface area contributed by atoms with E-state index in [1.165, 1.54) is 11.8 Å². The van der Waals surface area contributed by atoms with Gasteiger partial charge >= 0.3 is 5.97 Å². The summed E-state index contributed by atoms with van der Waals surface area (Å²) in [5.41, 5.74) is 0.701. The molecule has 7 heteroatoms.